The Labute approximate surface area is 196 Å². The van der Waals surface area contributed by atoms with Crippen LogP contribution in [0.3, 0.4) is 0 Å². The quantitative estimate of drug-likeness (QED) is 0.535. The summed E-state index contributed by atoms with van der Waals surface area (Å²) in [4.78, 5) is 21.5. The minimum absolute atomic E-state index is 0.0458. The van der Waals surface area contributed by atoms with E-state index in [1.54, 1.807) is 0 Å². The lowest BCUT2D eigenvalue weighted by molar-refractivity contribution is -0.121. The van der Waals surface area contributed by atoms with Gasteiger partial charge in [-0.2, -0.15) is 13.8 Å². The molecule has 1 aromatic heterocycles. The van der Waals surface area contributed by atoms with Gasteiger partial charge in [0.1, 0.15) is 5.75 Å². The van der Waals surface area contributed by atoms with E-state index in [1.807, 2.05) is 38.1 Å². The first-order valence-corrected chi connectivity index (χ1v) is 11.1. The first-order valence-electron chi connectivity index (χ1n) is 11.1. The zero-order valence-electron chi connectivity index (χ0n) is 19.1. The van der Waals surface area contributed by atoms with Crippen LogP contribution >= 0.6 is 0 Å². The van der Waals surface area contributed by atoms with Crippen LogP contribution < -0.4 is 10.1 Å². The second kappa shape index (κ2) is 10.7. The maximum atomic E-state index is 12.7. The van der Waals surface area contributed by atoms with Crippen LogP contribution in [-0.2, 0) is 11.3 Å². The third-order valence-electron chi connectivity index (χ3n) is 5.89. The van der Waals surface area contributed by atoms with E-state index < -0.39 is 6.61 Å². The Morgan fingerprint density at radius 1 is 1.12 bits per heavy atom. The number of nitrogens with one attached hydrogen (secondary N) is 1. The molecule has 1 fully saturated rings. The van der Waals surface area contributed by atoms with Crippen LogP contribution in [-0.4, -0.2) is 64.7 Å². The number of benzene rings is 2. The Kier molecular flexibility index (Phi) is 7.49. The van der Waals surface area contributed by atoms with Gasteiger partial charge >= 0.3 is 6.61 Å². The van der Waals surface area contributed by atoms with E-state index in [1.165, 1.54) is 24.3 Å². The number of aromatic nitrogens is 2. The van der Waals surface area contributed by atoms with E-state index in [0.717, 1.165) is 24.2 Å². The van der Waals surface area contributed by atoms with E-state index in [9.17, 15) is 13.6 Å². The fourth-order valence-electron chi connectivity index (χ4n) is 3.88. The van der Waals surface area contributed by atoms with Crippen LogP contribution in [0.15, 0.2) is 53.1 Å². The highest BCUT2D eigenvalue weighted by molar-refractivity contribution is 5.94. The van der Waals surface area contributed by atoms with Crippen molar-refractivity contribution in [1.29, 1.82) is 0 Å². The number of nitrogens with zero attached hydrogens (tertiary/aromatic N) is 4. The molecule has 1 atom stereocenters. The van der Waals surface area contributed by atoms with Gasteiger partial charge in [-0.25, -0.2) is 0 Å². The molecule has 1 unspecified atom stereocenters. The summed E-state index contributed by atoms with van der Waals surface area (Å²) in [5, 5.41) is 6.94. The monoisotopic (exact) mass is 471 g/mol. The summed E-state index contributed by atoms with van der Waals surface area (Å²) < 4.78 is 34.3. The van der Waals surface area contributed by atoms with Crippen molar-refractivity contribution < 1.29 is 22.8 Å². The lowest BCUT2D eigenvalue weighted by atomic mass is 10.1. The number of carbonyl (C=O) groups excluding carboxylic acids is 1. The van der Waals surface area contributed by atoms with Crippen molar-refractivity contribution in [2.75, 3.05) is 31.5 Å². The van der Waals surface area contributed by atoms with E-state index in [2.05, 4.69) is 30.0 Å². The largest absolute Gasteiger partial charge is 0.435 e. The Morgan fingerprint density at radius 3 is 2.50 bits per heavy atom. The molecule has 2 heterocycles. The van der Waals surface area contributed by atoms with Gasteiger partial charge in [0.05, 0.1) is 12.6 Å². The Morgan fingerprint density at radius 2 is 1.82 bits per heavy atom. The summed E-state index contributed by atoms with van der Waals surface area (Å²) in [6.07, 6.45) is 0. The molecule has 0 bridgehead atoms. The number of piperazine rings is 1. The molecule has 3 aromatic rings. The topological polar surface area (TPSA) is 83.7 Å². The van der Waals surface area contributed by atoms with Crippen molar-refractivity contribution >= 4 is 11.6 Å². The van der Waals surface area contributed by atoms with Crippen LogP contribution in [0.4, 0.5) is 14.5 Å². The fourth-order valence-corrected chi connectivity index (χ4v) is 3.88. The molecule has 1 saturated heterocycles. The molecule has 4 rings (SSSR count). The molecular weight excluding hydrogens is 444 g/mol. The van der Waals surface area contributed by atoms with E-state index in [4.69, 9.17) is 4.52 Å². The lowest BCUT2D eigenvalue weighted by Crippen LogP contribution is -2.52. The van der Waals surface area contributed by atoms with Crippen molar-refractivity contribution in [3.8, 4) is 17.1 Å². The SMILES string of the molecule is Cc1ccccc1-c1noc(CN2CCN(C(C)C(=O)Nc3ccc(OC(F)F)cc3)CC2)n1. The first kappa shape index (κ1) is 23.8. The average Bonchev–Trinajstić information content (AvgIpc) is 3.28. The van der Waals surface area contributed by atoms with Crippen LogP contribution in [0.1, 0.15) is 18.4 Å². The molecule has 0 saturated carbocycles. The van der Waals surface area contributed by atoms with Gasteiger partial charge < -0.3 is 14.6 Å². The molecule has 34 heavy (non-hydrogen) atoms. The molecule has 0 spiro atoms. The maximum absolute atomic E-state index is 12.7. The molecular formula is C24H27F2N5O3. The fraction of sp³-hybridized carbons (Fsp3) is 0.375. The van der Waals surface area contributed by atoms with Crippen molar-refractivity contribution in [2.45, 2.75) is 33.0 Å². The van der Waals surface area contributed by atoms with Crippen LogP contribution in [0.2, 0.25) is 0 Å². The zero-order chi connectivity index (χ0) is 24.1. The van der Waals surface area contributed by atoms with Gasteiger partial charge in [-0.3, -0.25) is 14.6 Å². The number of anilines is 1. The average molecular weight is 472 g/mol. The molecule has 1 aliphatic heterocycles. The molecule has 0 radical (unpaired) electrons. The van der Waals surface area contributed by atoms with Gasteiger partial charge in [0, 0.05) is 37.4 Å². The number of ether oxygens (including phenoxy) is 1. The third kappa shape index (κ3) is 5.95. The third-order valence-corrected chi connectivity index (χ3v) is 5.89. The molecule has 1 N–H and O–H groups in total. The maximum Gasteiger partial charge on any atom is 0.387 e. The zero-order valence-corrected chi connectivity index (χ0v) is 19.1. The molecule has 1 amide bonds. The van der Waals surface area contributed by atoms with E-state index >= 15 is 0 Å². The first-order chi connectivity index (χ1) is 16.4. The van der Waals surface area contributed by atoms with Crippen LogP contribution in [0.5, 0.6) is 5.75 Å². The Balaban J connectivity index is 1.25. The van der Waals surface area contributed by atoms with Gasteiger partial charge in [-0.05, 0) is 43.7 Å². The highest BCUT2D eigenvalue weighted by atomic mass is 19.3. The summed E-state index contributed by atoms with van der Waals surface area (Å²) in [5.41, 5.74) is 2.57. The number of hydrogen-bond donors (Lipinski definition) is 1. The number of aryl methyl sites for hydroxylation is 1. The Hall–Kier alpha value is -3.37. The molecule has 1 aliphatic rings. The van der Waals surface area contributed by atoms with Gasteiger partial charge in [0.25, 0.3) is 0 Å². The number of hydrogen-bond acceptors (Lipinski definition) is 7. The van der Waals surface area contributed by atoms with Crippen molar-refractivity contribution in [2.24, 2.45) is 0 Å². The second-order valence-electron chi connectivity index (χ2n) is 8.21. The van der Waals surface area contributed by atoms with Gasteiger partial charge in [-0.1, -0.05) is 29.4 Å². The van der Waals surface area contributed by atoms with Crippen LogP contribution in [0.25, 0.3) is 11.4 Å². The van der Waals surface area contributed by atoms with Crippen molar-refractivity contribution in [3.05, 3.63) is 60.0 Å². The predicted octanol–water partition coefficient (Wildman–Crippen LogP) is 3.79. The van der Waals surface area contributed by atoms with Gasteiger partial charge in [0.2, 0.25) is 17.6 Å². The van der Waals surface area contributed by atoms with E-state index in [0.29, 0.717) is 37.0 Å². The van der Waals surface area contributed by atoms with Crippen molar-refractivity contribution in [3.63, 3.8) is 0 Å². The van der Waals surface area contributed by atoms with Crippen LogP contribution in [0, 0.1) is 6.92 Å². The predicted molar refractivity (Wildman–Crippen MR) is 122 cm³/mol. The smallest absolute Gasteiger partial charge is 0.387 e. The standard InChI is InChI=1S/C24H27F2N5O3/c1-16-5-3-4-6-20(16)22-28-21(34-29-22)15-30-11-13-31(14-12-30)17(2)23(32)27-18-7-9-19(10-8-18)33-24(25)26/h3-10,17,24H,11-15H2,1-2H3,(H,27,32). The molecule has 8 nitrogen and oxygen atoms in total. The lowest BCUT2D eigenvalue weighted by Gasteiger charge is -2.36. The molecule has 180 valence electrons. The summed E-state index contributed by atoms with van der Waals surface area (Å²) in [7, 11) is 0. The number of carbonyl (C=O) groups is 1. The van der Waals surface area contributed by atoms with Crippen molar-refractivity contribution in [1.82, 2.24) is 19.9 Å². The summed E-state index contributed by atoms with van der Waals surface area (Å²) in [6, 6.07) is 13.4. The van der Waals surface area contributed by atoms with Gasteiger partial charge in [0.15, 0.2) is 0 Å². The number of halogens is 2. The number of rotatable bonds is 8. The number of alkyl halides is 2. The Bertz CT molecular complexity index is 1100. The highest BCUT2D eigenvalue weighted by Gasteiger charge is 2.26. The molecule has 0 aliphatic carbocycles. The highest BCUT2D eigenvalue weighted by Crippen LogP contribution is 2.21. The van der Waals surface area contributed by atoms with E-state index in [-0.39, 0.29) is 17.7 Å². The molecule has 2 aromatic carbocycles. The van der Waals surface area contributed by atoms with Gasteiger partial charge in [-0.15, -0.1) is 0 Å². The summed E-state index contributed by atoms with van der Waals surface area (Å²) in [6.45, 7) is 4.50. The normalized spacial score (nSPS) is 15.9. The second-order valence-corrected chi connectivity index (χ2v) is 8.21. The summed E-state index contributed by atoms with van der Waals surface area (Å²) in [5.74, 6) is 1.04. The minimum atomic E-state index is -2.88. The molecule has 10 heteroatoms. The summed E-state index contributed by atoms with van der Waals surface area (Å²) >= 11 is 0. The minimum Gasteiger partial charge on any atom is -0.435 e. The number of amides is 1.